The number of allylic oxidation sites excluding steroid dienone is 1. The molecular formula is C10H12O4. The van der Waals surface area contributed by atoms with Crippen LogP contribution in [0.5, 0.6) is 0 Å². The number of carbonyl (C=O) groups is 1. The summed E-state index contributed by atoms with van der Waals surface area (Å²) in [6.07, 6.45) is 4.36. The summed E-state index contributed by atoms with van der Waals surface area (Å²) >= 11 is 0. The molecule has 0 fully saturated rings. The molecule has 76 valence electrons. The minimum atomic E-state index is -0.975. The molecule has 0 aliphatic carbocycles. The molecule has 0 bridgehead atoms. The highest BCUT2D eigenvalue weighted by Crippen LogP contribution is 2.18. The summed E-state index contributed by atoms with van der Waals surface area (Å²) in [4.78, 5) is 10.1. The molecule has 0 amide bonds. The van der Waals surface area contributed by atoms with Crippen molar-refractivity contribution in [2.24, 2.45) is 0 Å². The molecule has 0 saturated carbocycles. The van der Waals surface area contributed by atoms with E-state index in [2.05, 4.69) is 0 Å². The molecule has 14 heavy (non-hydrogen) atoms. The Kier molecular flexibility index (Phi) is 3.94. The number of aliphatic hydroxyl groups excluding tert-OH is 1. The lowest BCUT2D eigenvalue weighted by molar-refractivity contribution is -0.131. The molecule has 0 aliphatic heterocycles. The normalized spacial score (nSPS) is 13.2. The SMILES string of the molecule is O=C(O)/C=C/CC[C@H](O)c1ccco1. The summed E-state index contributed by atoms with van der Waals surface area (Å²) in [5, 5.41) is 17.8. The average Bonchev–Trinajstić information content (AvgIpc) is 2.64. The molecule has 1 aromatic heterocycles. The number of furan rings is 1. The standard InChI is InChI=1S/C10H12O4/c11-8(9-5-3-7-14-9)4-1-2-6-10(12)13/h2-3,5-8,11H,1,4H2,(H,12,13)/b6-2+/t8-/m0/s1. The Bertz CT molecular complexity index is 300. The van der Waals surface area contributed by atoms with Gasteiger partial charge in [-0.2, -0.15) is 0 Å². The molecule has 4 nitrogen and oxygen atoms in total. The van der Waals surface area contributed by atoms with Crippen LogP contribution in [0.2, 0.25) is 0 Å². The van der Waals surface area contributed by atoms with E-state index in [1.807, 2.05) is 0 Å². The van der Waals surface area contributed by atoms with Crippen LogP contribution in [-0.4, -0.2) is 16.2 Å². The van der Waals surface area contributed by atoms with Crippen LogP contribution in [0.15, 0.2) is 35.0 Å². The maximum absolute atomic E-state index is 10.1. The van der Waals surface area contributed by atoms with E-state index in [0.717, 1.165) is 6.08 Å². The number of rotatable bonds is 5. The molecule has 0 radical (unpaired) electrons. The monoisotopic (exact) mass is 196 g/mol. The zero-order valence-electron chi connectivity index (χ0n) is 7.59. The van der Waals surface area contributed by atoms with Crippen LogP contribution >= 0.6 is 0 Å². The number of carboxylic acids is 1. The summed E-state index contributed by atoms with van der Waals surface area (Å²) in [5.74, 6) is -0.466. The van der Waals surface area contributed by atoms with Gasteiger partial charge >= 0.3 is 5.97 Å². The molecule has 0 spiro atoms. The molecule has 0 saturated heterocycles. The van der Waals surface area contributed by atoms with E-state index in [1.165, 1.54) is 12.3 Å². The Morgan fingerprint density at radius 1 is 1.64 bits per heavy atom. The lowest BCUT2D eigenvalue weighted by Crippen LogP contribution is -1.94. The van der Waals surface area contributed by atoms with Gasteiger partial charge in [-0.25, -0.2) is 4.79 Å². The van der Waals surface area contributed by atoms with Gasteiger partial charge in [-0.15, -0.1) is 0 Å². The fourth-order valence-electron chi connectivity index (χ4n) is 1.06. The summed E-state index contributed by atoms with van der Waals surface area (Å²) < 4.78 is 4.98. The van der Waals surface area contributed by atoms with Crippen molar-refractivity contribution < 1.29 is 19.4 Å². The van der Waals surface area contributed by atoms with E-state index in [4.69, 9.17) is 9.52 Å². The van der Waals surface area contributed by atoms with Crippen LogP contribution < -0.4 is 0 Å². The number of carboxylic acid groups (broad SMARTS) is 1. The number of hydrogen-bond donors (Lipinski definition) is 2. The first-order valence-electron chi connectivity index (χ1n) is 4.31. The maximum Gasteiger partial charge on any atom is 0.327 e. The molecular weight excluding hydrogens is 184 g/mol. The smallest absolute Gasteiger partial charge is 0.327 e. The van der Waals surface area contributed by atoms with Gasteiger partial charge in [0.1, 0.15) is 11.9 Å². The zero-order chi connectivity index (χ0) is 10.4. The predicted molar refractivity (Wildman–Crippen MR) is 49.7 cm³/mol. The fraction of sp³-hybridized carbons (Fsp3) is 0.300. The third-order valence-electron chi connectivity index (χ3n) is 1.74. The second kappa shape index (κ2) is 5.24. The molecule has 0 aromatic carbocycles. The van der Waals surface area contributed by atoms with E-state index in [-0.39, 0.29) is 0 Å². The molecule has 0 aliphatic rings. The zero-order valence-corrected chi connectivity index (χ0v) is 7.59. The topological polar surface area (TPSA) is 70.7 Å². The van der Waals surface area contributed by atoms with Crippen LogP contribution in [0.25, 0.3) is 0 Å². The van der Waals surface area contributed by atoms with Crippen molar-refractivity contribution in [3.8, 4) is 0 Å². The number of hydrogen-bond acceptors (Lipinski definition) is 3. The molecule has 1 heterocycles. The van der Waals surface area contributed by atoms with Crippen molar-refractivity contribution >= 4 is 5.97 Å². The third-order valence-corrected chi connectivity index (χ3v) is 1.74. The second-order valence-corrected chi connectivity index (χ2v) is 2.85. The van der Waals surface area contributed by atoms with Gasteiger partial charge in [0.25, 0.3) is 0 Å². The largest absolute Gasteiger partial charge is 0.478 e. The first kappa shape index (κ1) is 10.5. The van der Waals surface area contributed by atoms with Crippen molar-refractivity contribution in [2.45, 2.75) is 18.9 Å². The lowest BCUT2D eigenvalue weighted by Gasteiger charge is -2.04. The van der Waals surface area contributed by atoms with Crippen LogP contribution in [0.1, 0.15) is 24.7 Å². The van der Waals surface area contributed by atoms with Crippen LogP contribution in [-0.2, 0) is 4.79 Å². The molecule has 4 heteroatoms. The molecule has 1 aromatic rings. The van der Waals surface area contributed by atoms with Crippen LogP contribution in [0.4, 0.5) is 0 Å². The van der Waals surface area contributed by atoms with Gasteiger partial charge < -0.3 is 14.6 Å². The van der Waals surface area contributed by atoms with E-state index >= 15 is 0 Å². The first-order valence-corrected chi connectivity index (χ1v) is 4.31. The third kappa shape index (κ3) is 3.45. The van der Waals surface area contributed by atoms with E-state index in [1.54, 1.807) is 12.1 Å². The van der Waals surface area contributed by atoms with Gasteiger partial charge in [0.2, 0.25) is 0 Å². The summed E-state index contributed by atoms with van der Waals surface area (Å²) in [6.45, 7) is 0. The van der Waals surface area contributed by atoms with Crippen LogP contribution in [0.3, 0.4) is 0 Å². The van der Waals surface area contributed by atoms with Gasteiger partial charge in [-0.1, -0.05) is 6.08 Å². The second-order valence-electron chi connectivity index (χ2n) is 2.85. The van der Waals surface area contributed by atoms with E-state index in [9.17, 15) is 9.90 Å². The quantitative estimate of drug-likeness (QED) is 0.703. The highest BCUT2D eigenvalue weighted by Gasteiger charge is 2.08. The van der Waals surface area contributed by atoms with Gasteiger partial charge in [-0.3, -0.25) is 0 Å². The van der Waals surface area contributed by atoms with Crippen molar-refractivity contribution in [1.82, 2.24) is 0 Å². The molecule has 2 N–H and O–H groups in total. The van der Waals surface area contributed by atoms with Crippen molar-refractivity contribution in [1.29, 1.82) is 0 Å². The minimum absolute atomic E-state index is 0.456. The Labute approximate surface area is 81.5 Å². The Balaban J connectivity index is 2.29. The van der Waals surface area contributed by atoms with Gasteiger partial charge in [0, 0.05) is 6.08 Å². The van der Waals surface area contributed by atoms with E-state index < -0.39 is 12.1 Å². The van der Waals surface area contributed by atoms with Crippen molar-refractivity contribution in [3.63, 3.8) is 0 Å². The highest BCUT2D eigenvalue weighted by atomic mass is 16.4. The van der Waals surface area contributed by atoms with Gasteiger partial charge in [0.05, 0.1) is 6.26 Å². The molecule has 1 atom stereocenters. The van der Waals surface area contributed by atoms with Gasteiger partial charge in [0.15, 0.2) is 0 Å². The number of aliphatic carboxylic acids is 1. The summed E-state index contributed by atoms with van der Waals surface area (Å²) in [5.41, 5.74) is 0. The lowest BCUT2D eigenvalue weighted by atomic mass is 10.1. The van der Waals surface area contributed by atoms with Gasteiger partial charge in [-0.05, 0) is 25.0 Å². The Morgan fingerprint density at radius 3 is 3.00 bits per heavy atom. The maximum atomic E-state index is 10.1. The fourth-order valence-corrected chi connectivity index (χ4v) is 1.06. The van der Waals surface area contributed by atoms with Crippen molar-refractivity contribution in [2.75, 3.05) is 0 Å². The Morgan fingerprint density at radius 2 is 2.43 bits per heavy atom. The van der Waals surface area contributed by atoms with E-state index in [0.29, 0.717) is 18.6 Å². The summed E-state index contributed by atoms with van der Waals surface area (Å²) in [7, 11) is 0. The Hall–Kier alpha value is -1.55. The van der Waals surface area contributed by atoms with Crippen LogP contribution in [0, 0.1) is 0 Å². The molecule has 1 rings (SSSR count). The average molecular weight is 196 g/mol. The highest BCUT2D eigenvalue weighted by molar-refractivity contribution is 5.79. The first-order chi connectivity index (χ1) is 6.70. The van der Waals surface area contributed by atoms with Crippen molar-refractivity contribution in [3.05, 3.63) is 36.3 Å². The summed E-state index contributed by atoms with van der Waals surface area (Å²) in [6, 6.07) is 3.39. The molecule has 0 unspecified atom stereocenters. The number of aliphatic hydroxyl groups is 1. The minimum Gasteiger partial charge on any atom is -0.478 e. The predicted octanol–water partition coefficient (Wildman–Crippen LogP) is 1.73.